The molecular formula is C17H18N2O2. The lowest BCUT2D eigenvalue weighted by atomic mass is 10.1. The minimum Gasteiger partial charge on any atom is -0.507 e. The topological polar surface area (TPSA) is 61.7 Å². The van der Waals surface area contributed by atoms with Crippen molar-refractivity contribution in [3.05, 3.63) is 65.2 Å². The number of hydrazone groups is 1. The van der Waals surface area contributed by atoms with Gasteiger partial charge in [-0.3, -0.25) is 4.79 Å². The zero-order chi connectivity index (χ0) is 15.2. The van der Waals surface area contributed by atoms with Crippen LogP contribution in [0.2, 0.25) is 0 Å². The van der Waals surface area contributed by atoms with Crippen LogP contribution in [0.4, 0.5) is 0 Å². The lowest BCUT2D eigenvalue weighted by Crippen LogP contribution is -2.20. The zero-order valence-corrected chi connectivity index (χ0v) is 12.1. The second kappa shape index (κ2) is 6.70. The molecule has 108 valence electrons. The van der Waals surface area contributed by atoms with E-state index in [0.29, 0.717) is 6.42 Å². The molecule has 0 heterocycles. The Morgan fingerprint density at radius 1 is 1.14 bits per heavy atom. The Labute approximate surface area is 124 Å². The lowest BCUT2D eigenvalue weighted by molar-refractivity contribution is 0.0952. The van der Waals surface area contributed by atoms with Crippen LogP contribution in [-0.2, 0) is 0 Å². The van der Waals surface area contributed by atoms with Gasteiger partial charge in [0.1, 0.15) is 5.75 Å². The third-order valence-corrected chi connectivity index (χ3v) is 3.16. The number of aryl methyl sites for hydroxylation is 1. The smallest absolute Gasteiger partial charge is 0.275 e. The standard InChI is InChI=1S/C17H18N2O2/c1-3-15(13-10-8-12(2)9-11-13)18-19-17(21)14-6-4-5-7-16(14)20/h4-11,20H,3H2,1-2H3,(H,19,21). The second-order valence-electron chi connectivity index (χ2n) is 4.74. The first-order chi connectivity index (χ1) is 10.1. The zero-order valence-electron chi connectivity index (χ0n) is 12.1. The molecule has 0 fully saturated rings. The fourth-order valence-corrected chi connectivity index (χ4v) is 1.94. The molecule has 0 atom stereocenters. The quantitative estimate of drug-likeness (QED) is 0.668. The van der Waals surface area contributed by atoms with Crippen LogP contribution >= 0.6 is 0 Å². The summed E-state index contributed by atoms with van der Waals surface area (Å²) in [4.78, 5) is 12.0. The molecule has 0 unspecified atom stereocenters. The Balaban J connectivity index is 2.16. The average Bonchev–Trinajstić information content (AvgIpc) is 2.49. The van der Waals surface area contributed by atoms with Crippen molar-refractivity contribution >= 4 is 11.6 Å². The summed E-state index contributed by atoms with van der Waals surface area (Å²) in [6.07, 6.45) is 0.699. The highest BCUT2D eigenvalue weighted by Gasteiger charge is 2.09. The fraction of sp³-hybridized carbons (Fsp3) is 0.176. The number of hydrogen-bond donors (Lipinski definition) is 2. The van der Waals surface area contributed by atoms with E-state index in [1.165, 1.54) is 11.6 Å². The van der Waals surface area contributed by atoms with Crippen molar-refractivity contribution in [2.45, 2.75) is 20.3 Å². The van der Waals surface area contributed by atoms with Gasteiger partial charge in [0.15, 0.2) is 0 Å². The van der Waals surface area contributed by atoms with E-state index in [2.05, 4.69) is 10.5 Å². The monoisotopic (exact) mass is 282 g/mol. The van der Waals surface area contributed by atoms with E-state index in [1.807, 2.05) is 38.1 Å². The summed E-state index contributed by atoms with van der Waals surface area (Å²) in [6, 6.07) is 14.3. The molecule has 0 aliphatic rings. The van der Waals surface area contributed by atoms with E-state index in [1.54, 1.807) is 18.2 Å². The number of para-hydroxylation sites is 1. The van der Waals surface area contributed by atoms with Gasteiger partial charge >= 0.3 is 0 Å². The van der Waals surface area contributed by atoms with Gasteiger partial charge in [-0.25, -0.2) is 5.43 Å². The Morgan fingerprint density at radius 3 is 2.43 bits per heavy atom. The fourth-order valence-electron chi connectivity index (χ4n) is 1.94. The number of phenolic OH excluding ortho intramolecular Hbond substituents is 1. The molecule has 0 aromatic heterocycles. The predicted octanol–water partition coefficient (Wildman–Crippen LogP) is 3.24. The molecule has 0 aliphatic heterocycles. The number of rotatable bonds is 4. The van der Waals surface area contributed by atoms with Gasteiger partial charge in [0, 0.05) is 0 Å². The lowest BCUT2D eigenvalue weighted by Gasteiger charge is -2.06. The van der Waals surface area contributed by atoms with E-state index < -0.39 is 5.91 Å². The van der Waals surface area contributed by atoms with E-state index in [9.17, 15) is 9.90 Å². The van der Waals surface area contributed by atoms with Gasteiger partial charge in [-0.15, -0.1) is 0 Å². The summed E-state index contributed by atoms with van der Waals surface area (Å²) in [7, 11) is 0. The van der Waals surface area contributed by atoms with E-state index in [4.69, 9.17) is 0 Å². The normalized spacial score (nSPS) is 11.2. The molecule has 0 saturated carbocycles. The number of nitrogens with zero attached hydrogens (tertiary/aromatic N) is 1. The van der Waals surface area contributed by atoms with Gasteiger partial charge in [-0.2, -0.15) is 5.10 Å². The van der Waals surface area contributed by atoms with Gasteiger partial charge < -0.3 is 5.11 Å². The maximum absolute atomic E-state index is 12.0. The highest BCUT2D eigenvalue weighted by Crippen LogP contribution is 2.15. The summed E-state index contributed by atoms with van der Waals surface area (Å²) in [5.41, 5.74) is 5.64. The van der Waals surface area contributed by atoms with Crippen molar-refractivity contribution in [3.63, 3.8) is 0 Å². The molecule has 4 nitrogen and oxygen atoms in total. The van der Waals surface area contributed by atoms with Crippen LogP contribution in [0.5, 0.6) is 5.75 Å². The number of benzene rings is 2. The van der Waals surface area contributed by atoms with Crippen LogP contribution in [0.3, 0.4) is 0 Å². The predicted molar refractivity (Wildman–Crippen MR) is 83.6 cm³/mol. The Kier molecular flexibility index (Phi) is 4.72. The molecule has 4 heteroatoms. The van der Waals surface area contributed by atoms with Crippen LogP contribution < -0.4 is 5.43 Å². The molecule has 2 rings (SSSR count). The maximum Gasteiger partial charge on any atom is 0.275 e. The number of carbonyl (C=O) groups is 1. The van der Waals surface area contributed by atoms with Crippen LogP contribution in [-0.4, -0.2) is 16.7 Å². The van der Waals surface area contributed by atoms with Gasteiger partial charge in [-0.05, 0) is 31.0 Å². The molecule has 2 aromatic rings. The van der Waals surface area contributed by atoms with Crippen LogP contribution in [0.15, 0.2) is 53.6 Å². The first-order valence-electron chi connectivity index (χ1n) is 6.83. The van der Waals surface area contributed by atoms with Crippen molar-refractivity contribution < 1.29 is 9.90 Å². The number of carbonyl (C=O) groups excluding carboxylic acids is 1. The molecule has 0 spiro atoms. The Hall–Kier alpha value is -2.62. The third kappa shape index (κ3) is 3.69. The van der Waals surface area contributed by atoms with Crippen molar-refractivity contribution in [3.8, 4) is 5.75 Å². The molecule has 0 saturated heterocycles. The Morgan fingerprint density at radius 2 is 1.81 bits per heavy atom. The van der Waals surface area contributed by atoms with Crippen molar-refractivity contribution in [1.82, 2.24) is 5.43 Å². The van der Waals surface area contributed by atoms with Gasteiger partial charge in [0.25, 0.3) is 5.91 Å². The van der Waals surface area contributed by atoms with Crippen molar-refractivity contribution in [2.24, 2.45) is 5.10 Å². The SMILES string of the molecule is CCC(=NNC(=O)c1ccccc1O)c1ccc(C)cc1. The largest absolute Gasteiger partial charge is 0.507 e. The molecule has 1 amide bonds. The number of amides is 1. The summed E-state index contributed by atoms with van der Waals surface area (Å²) in [5.74, 6) is -0.482. The third-order valence-electron chi connectivity index (χ3n) is 3.16. The molecule has 2 aromatic carbocycles. The van der Waals surface area contributed by atoms with Crippen LogP contribution in [0.25, 0.3) is 0 Å². The van der Waals surface area contributed by atoms with Crippen molar-refractivity contribution in [1.29, 1.82) is 0 Å². The summed E-state index contributed by atoms with van der Waals surface area (Å²) < 4.78 is 0. The minimum atomic E-state index is -0.425. The number of phenols is 1. The summed E-state index contributed by atoms with van der Waals surface area (Å²) >= 11 is 0. The Bertz CT molecular complexity index is 661. The van der Waals surface area contributed by atoms with E-state index >= 15 is 0 Å². The maximum atomic E-state index is 12.0. The van der Waals surface area contributed by atoms with E-state index in [0.717, 1.165) is 11.3 Å². The van der Waals surface area contributed by atoms with Crippen molar-refractivity contribution in [2.75, 3.05) is 0 Å². The molecule has 0 bridgehead atoms. The van der Waals surface area contributed by atoms with E-state index in [-0.39, 0.29) is 11.3 Å². The highest BCUT2D eigenvalue weighted by molar-refractivity contribution is 6.02. The first-order valence-corrected chi connectivity index (χ1v) is 6.83. The minimum absolute atomic E-state index is 0.0569. The van der Waals surface area contributed by atoms with Gasteiger partial charge in [-0.1, -0.05) is 48.9 Å². The van der Waals surface area contributed by atoms with Crippen LogP contribution in [0, 0.1) is 6.92 Å². The molecule has 0 aliphatic carbocycles. The number of aromatic hydroxyl groups is 1. The number of nitrogens with one attached hydrogen (secondary N) is 1. The summed E-state index contributed by atoms with van der Waals surface area (Å²) in [6.45, 7) is 4.00. The van der Waals surface area contributed by atoms with Gasteiger partial charge in [0.05, 0.1) is 11.3 Å². The molecule has 0 radical (unpaired) electrons. The molecular weight excluding hydrogens is 264 g/mol. The average molecular weight is 282 g/mol. The summed E-state index contributed by atoms with van der Waals surface area (Å²) in [5, 5.41) is 13.8. The number of hydrogen-bond acceptors (Lipinski definition) is 3. The van der Waals surface area contributed by atoms with Gasteiger partial charge in [0.2, 0.25) is 0 Å². The second-order valence-corrected chi connectivity index (χ2v) is 4.74. The first kappa shape index (κ1) is 14.8. The highest BCUT2D eigenvalue weighted by atomic mass is 16.3. The molecule has 2 N–H and O–H groups in total. The van der Waals surface area contributed by atoms with Crippen LogP contribution in [0.1, 0.15) is 34.8 Å². The molecule has 21 heavy (non-hydrogen) atoms.